The number of carboxylic acids is 1. The summed E-state index contributed by atoms with van der Waals surface area (Å²) in [6.07, 6.45) is -3.75. The van der Waals surface area contributed by atoms with Crippen LogP contribution in [0.3, 0.4) is 0 Å². The zero-order valence-electron chi connectivity index (χ0n) is 18.9. The third-order valence-corrected chi connectivity index (χ3v) is 4.58. The number of carbonyl (C=O) groups is 3. The van der Waals surface area contributed by atoms with Gasteiger partial charge in [-0.3, -0.25) is 9.59 Å². The predicted octanol–water partition coefficient (Wildman–Crippen LogP) is 0.845. The summed E-state index contributed by atoms with van der Waals surface area (Å²) in [4.78, 5) is 45.6. The number of carbonyl (C=O) groups excluding carboxylic acids is 3. The average molecular weight is 511 g/mol. The Labute approximate surface area is 201 Å². The molecule has 4 N–H and O–H groups in total. The highest BCUT2D eigenvalue weighted by atomic mass is 19.4. The number of esters is 1. The summed E-state index contributed by atoms with van der Waals surface area (Å²) < 4.78 is 51.5. The maximum Gasteiger partial charge on any atom is 0.430 e. The highest BCUT2D eigenvalue weighted by Crippen LogP contribution is 2.20. The van der Waals surface area contributed by atoms with E-state index < -0.39 is 23.5 Å². The molecule has 0 bridgehead atoms. The van der Waals surface area contributed by atoms with Crippen molar-refractivity contribution >= 4 is 34.4 Å². The molecule has 1 heterocycles. The molecule has 0 unspecified atom stereocenters. The van der Waals surface area contributed by atoms with E-state index in [1.165, 1.54) is 24.4 Å². The van der Waals surface area contributed by atoms with Gasteiger partial charge in [0.15, 0.2) is 6.54 Å². The summed E-state index contributed by atoms with van der Waals surface area (Å²) in [5, 5.41) is 11.7. The first-order valence-corrected chi connectivity index (χ1v) is 10.3. The molecule has 0 saturated carbocycles. The summed E-state index contributed by atoms with van der Waals surface area (Å²) >= 11 is 0. The zero-order chi connectivity index (χ0) is 27.0. The molecule has 36 heavy (non-hydrogen) atoms. The van der Waals surface area contributed by atoms with Crippen molar-refractivity contribution < 1.29 is 47.5 Å². The molecule has 0 saturated heterocycles. The van der Waals surface area contributed by atoms with Gasteiger partial charge < -0.3 is 30.3 Å². The van der Waals surface area contributed by atoms with E-state index in [1.807, 2.05) is 0 Å². The van der Waals surface area contributed by atoms with Crippen LogP contribution in [0.25, 0.3) is 10.9 Å². The molecular formula is C23H21F4N3O6. The van der Waals surface area contributed by atoms with Crippen LogP contribution < -0.4 is 21.6 Å². The molecule has 0 aliphatic carbocycles. The number of anilines is 1. The lowest BCUT2D eigenvalue weighted by molar-refractivity contribution is -0.353. The molecular weight excluding hydrogens is 490 g/mol. The van der Waals surface area contributed by atoms with Crippen LogP contribution in [-0.2, 0) is 20.9 Å². The van der Waals surface area contributed by atoms with Crippen molar-refractivity contribution in [2.45, 2.75) is 19.6 Å². The van der Waals surface area contributed by atoms with Crippen LogP contribution in [0.2, 0.25) is 0 Å². The van der Waals surface area contributed by atoms with Gasteiger partial charge in [-0.15, -0.1) is 0 Å². The molecule has 9 nitrogen and oxygen atoms in total. The minimum absolute atomic E-state index is 0.0513. The van der Waals surface area contributed by atoms with Gasteiger partial charge >= 0.3 is 12.1 Å². The normalized spacial score (nSPS) is 10.8. The van der Waals surface area contributed by atoms with E-state index in [0.717, 1.165) is 5.56 Å². The van der Waals surface area contributed by atoms with E-state index in [0.29, 0.717) is 17.7 Å². The Kier molecular flexibility index (Phi) is 9.27. The van der Waals surface area contributed by atoms with Crippen LogP contribution in [0.15, 0.2) is 53.5 Å². The Hall–Kier alpha value is -4.26. The van der Waals surface area contributed by atoms with Gasteiger partial charge in [0.2, 0.25) is 5.43 Å². The third-order valence-electron chi connectivity index (χ3n) is 4.58. The van der Waals surface area contributed by atoms with Crippen molar-refractivity contribution in [2.24, 2.45) is 0 Å². The molecule has 0 radical (unpaired) electrons. The number of nitrogens with zero attached hydrogens (tertiary/aromatic N) is 1. The molecule has 13 heteroatoms. The van der Waals surface area contributed by atoms with E-state index in [-0.39, 0.29) is 35.8 Å². The van der Waals surface area contributed by atoms with Crippen LogP contribution in [0.5, 0.6) is 0 Å². The van der Waals surface area contributed by atoms with Crippen molar-refractivity contribution in [1.29, 1.82) is 0 Å². The standard InChI is InChI=1S/C21H20FN3O4.C2HF3O2/c1-2-29-21(28)17-12-25(11-13-3-5-14(22)6-4-13)18-8-7-15(24-19(26)10-23)9-16(18)20(17)27;3-2(4,5)1(6)7/h3-9,12H,2,10-11,23H2,1H3,(H,24,26);(H,6,7). The van der Waals surface area contributed by atoms with Crippen molar-refractivity contribution in [3.63, 3.8) is 0 Å². The van der Waals surface area contributed by atoms with Gasteiger partial charge in [-0.05, 0) is 42.8 Å². The fourth-order valence-electron chi connectivity index (χ4n) is 2.97. The average Bonchev–Trinajstić information content (AvgIpc) is 2.82. The number of hydrogen-bond donors (Lipinski definition) is 2. The maximum absolute atomic E-state index is 13.2. The van der Waals surface area contributed by atoms with Crippen molar-refractivity contribution in [3.8, 4) is 0 Å². The van der Waals surface area contributed by atoms with Gasteiger partial charge in [-0.1, -0.05) is 12.1 Å². The van der Waals surface area contributed by atoms with Crippen LogP contribution in [0.4, 0.5) is 23.2 Å². The number of fused-ring (bicyclic) bond motifs is 1. The fraction of sp³-hybridized carbons (Fsp3) is 0.217. The van der Waals surface area contributed by atoms with Crippen molar-refractivity contribution in [3.05, 3.63) is 75.8 Å². The number of benzene rings is 2. The van der Waals surface area contributed by atoms with Crippen LogP contribution in [0, 0.1) is 5.82 Å². The van der Waals surface area contributed by atoms with Gasteiger partial charge in [0.25, 0.3) is 5.91 Å². The molecule has 192 valence electrons. The monoisotopic (exact) mass is 511 g/mol. The van der Waals surface area contributed by atoms with E-state index in [2.05, 4.69) is 11.1 Å². The van der Waals surface area contributed by atoms with Gasteiger partial charge in [-0.25, -0.2) is 9.18 Å². The molecule has 1 amide bonds. The van der Waals surface area contributed by atoms with E-state index in [4.69, 9.17) is 14.6 Å². The number of hydrogen-bond acceptors (Lipinski definition) is 6. The Morgan fingerprint density at radius 3 is 2.25 bits per heavy atom. The lowest BCUT2D eigenvalue weighted by atomic mass is 10.1. The van der Waals surface area contributed by atoms with Crippen LogP contribution in [-0.4, -0.2) is 41.7 Å². The molecule has 3 aromatic rings. The highest BCUT2D eigenvalue weighted by Gasteiger charge is 2.28. The molecule has 3 rings (SSSR count). The maximum atomic E-state index is 13.2. The van der Waals surface area contributed by atoms with E-state index >= 15 is 0 Å². The van der Waals surface area contributed by atoms with Crippen molar-refractivity contribution in [1.82, 2.24) is 4.57 Å². The number of amides is 1. The molecule has 1 aromatic heterocycles. The number of carboxylic acid groups (broad SMARTS) is 1. The molecule has 0 aliphatic rings. The summed E-state index contributed by atoms with van der Waals surface area (Å²) in [6, 6.07) is 10.8. The SMILES string of the molecule is CCOC(=O)c1cn(Cc2ccc(F)cc2)c2ccc(NC(=O)C[NH3+])cc2c1=O.O=C([O-])C(F)(F)F. The molecule has 2 aromatic carbocycles. The first-order valence-electron chi connectivity index (χ1n) is 10.3. The zero-order valence-corrected chi connectivity index (χ0v) is 18.9. The number of halogens is 4. The number of aromatic nitrogens is 1. The number of rotatable bonds is 6. The Balaban J connectivity index is 0.000000572. The molecule has 0 aliphatic heterocycles. The van der Waals surface area contributed by atoms with Crippen LogP contribution >= 0.6 is 0 Å². The largest absolute Gasteiger partial charge is 0.542 e. The minimum Gasteiger partial charge on any atom is -0.542 e. The van der Waals surface area contributed by atoms with Gasteiger partial charge in [-0.2, -0.15) is 13.2 Å². The smallest absolute Gasteiger partial charge is 0.430 e. The second-order valence-electron chi connectivity index (χ2n) is 7.16. The van der Waals surface area contributed by atoms with E-state index in [1.54, 1.807) is 35.8 Å². The van der Waals surface area contributed by atoms with Crippen molar-refractivity contribution in [2.75, 3.05) is 18.5 Å². The lowest BCUT2D eigenvalue weighted by Crippen LogP contribution is -2.55. The number of alkyl halides is 3. The quantitative estimate of drug-likeness (QED) is 0.371. The summed E-state index contributed by atoms with van der Waals surface area (Å²) in [7, 11) is 0. The summed E-state index contributed by atoms with van der Waals surface area (Å²) in [5.41, 5.74) is 4.72. The fourth-order valence-corrected chi connectivity index (χ4v) is 2.97. The number of pyridine rings is 1. The van der Waals surface area contributed by atoms with Gasteiger partial charge in [0.05, 0.1) is 12.1 Å². The molecule has 0 atom stereocenters. The number of aliphatic carboxylic acids is 1. The number of nitrogens with one attached hydrogen (secondary N) is 1. The topological polar surface area (TPSA) is 145 Å². The van der Waals surface area contributed by atoms with Gasteiger partial charge in [0, 0.05) is 23.8 Å². The first kappa shape index (κ1) is 28.0. The number of ether oxygens (including phenoxy) is 1. The number of quaternary nitrogens is 1. The highest BCUT2D eigenvalue weighted by molar-refractivity contribution is 5.97. The molecule has 0 spiro atoms. The Bertz CT molecular complexity index is 1320. The van der Waals surface area contributed by atoms with Crippen LogP contribution in [0.1, 0.15) is 22.8 Å². The lowest BCUT2D eigenvalue weighted by Gasteiger charge is -2.14. The first-order chi connectivity index (χ1) is 16.9. The minimum atomic E-state index is -5.19. The Morgan fingerprint density at radius 1 is 1.11 bits per heavy atom. The predicted molar refractivity (Wildman–Crippen MR) is 117 cm³/mol. The molecule has 0 fully saturated rings. The third kappa shape index (κ3) is 7.37. The van der Waals surface area contributed by atoms with E-state index in [9.17, 15) is 31.9 Å². The second kappa shape index (κ2) is 11.9. The summed E-state index contributed by atoms with van der Waals surface area (Å²) in [6.45, 7) is 2.15. The van der Waals surface area contributed by atoms with Gasteiger partial charge in [0.1, 0.15) is 17.3 Å². The second-order valence-corrected chi connectivity index (χ2v) is 7.16. The Morgan fingerprint density at radius 2 is 1.72 bits per heavy atom. The summed E-state index contributed by atoms with van der Waals surface area (Å²) in [5.74, 6) is -4.37.